The average molecular weight is 363 g/mol. The molecule has 0 bridgehead atoms. The van der Waals surface area contributed by atoms with E-state index in [0.29, 0.717) is 6.42 Å². The van der Waals surface area contributed by atoms with Gasteiger partial charge in [-0.05, 0) is 61.8 Å². The van der Waals surface area contributed by atoms with Gasteiger partial charge in [0.1, 0.15) is 5.78 Å². The molecule has 0 unspecified atom stereocenters. The van der Waals surface area contributed by atoms with Crippen molar-refractivity contribution in [3.8, 4) is 0 Å². The van der Waals surface area contributed by atoms with E-state index in [0.717, 1.165) is 44.5 Å². The van der Waals surface area contributed by atoms with E-state index in [1.54, 1.807) is 6.92 Å². The number of Topliss-reactive ketones (excluding diaryl/α,β-unsaturated/α-hetero) is 1. The normalized spacial score (nSPS) is 9.50. The number of rotatable bonds is 9. The first-order valence-electron chi connectivity index (χ1n) is 10.2. The fraction of sp³-hybridized carbons (Fsp3) is 0.625. The van der Waals surface area contributed by atoms with Crippen LogP contribution in [-0.2, 0) is 16.0 Å². The minimum atomic E-state index is 0.226. The summed E-state index contributed by atoms with van der Waals surface area (Å²) in [6.07, 6.45) is 5.93. The van der Waals surface area contributed by atoms with E-state index in [9.17, 15) is 4.79 Å². The van der Waals surface area contributed by atoms with Crippen molar-refractivity contribution in [2.75, 3.05) is 13.2 Å². The SMILES string of the molecule is C=C(CCC(C)=O)c1ccc(C)c(CC)c1.CCC.CCCOCCC. The monoisotopic (exact) mass is 362 g/mol. The molecule has 150 valence electrons. The van der Waals surface area contributed by atoms with Gasteiger partial charge in [-0.3, -0.25) is 0 Å². The standard InChI is InChI=1S/C15H20O.C6H14O.C3H8/c1-5-14-10-15(9-7-11(14)2)12(3)6-8-13(4)16;1-3-5-7-6-4-2;1-3-2/h7,9-10H,3,5-6,8H2,1-2,4H3;3-6H2,1-2H3;3H2,1-2H3. The Morgan fingerprint density at radius 2 is 1.54 bits per heavy atom. The third-order valence-electron chi connectivity index (χ3n) is 3.61. The summed E-state index contributed by atoms with van der Waals surface area (Å²) in [7, 11) is 0. The molecule has 0 N–H and O–H groups in total. The number of ether oxygens (including phenoxy) is 1. The topological polar surface area (TPSA) is 26.3 Å². The summed E-state index contributed by atoms with van der Waals surface area (Å²) in [5, 5.41) is 0. The number of carbonyl (C=O) groups excluding carboxylic acids is 1. The molecular weight excluding hydrogens is 320 g/mol. The van der Waals surface area contributed by atoms with E-state index < -0.39 is 0 Å². The largest absolute Gasteiger partial charge is 0.381 e. The third-order valence-corrected chi connectivity index (χ3v) is 3.61. The summed E-state index contributed by atoms with van der Waals surface area (Å²) >= 11 is 0. The highest BCUT2D eigenvalue weighted by molar-refractivity contribution is 5.78. The lowest BCUT2D eigenvalue weighted by Gasteiger charge is -2.09. The van der Waals surface area contributed by atoms with Gasteiger partial charge in [0.2, 0.25) is 0 Å². The predicted octanol–water partition coefficient (Wildman–Crippen LogP) is 7.18. The molecular formula is C24H42O2. The van der Waals surface area contributed by atoms with Gasteiger partial charge >= 0.3 is 0 Å². The molecule has 0 saturated carbocycles. The Labute approximate surface area is 163 Å². The Morgan fingerprint density at radius 3 is 1.96 bits per heavy atom. The number of ketones is 1. The number of hydrogen-bond acceptors (Lipinski definition) is 2. The van der Waals surface area contributed by atoms with Crippen molar-refractivity contribution in [3.63, 3.8) is 0 Å². The quantitative estimate of drug-likeness (QED) is 0.435. The Hall–Kier alpha value is -1.41. The van der Waals surface area contributed by atoms with Gasteiger partial charge in [-0.2, -0.15) is 0 Å². The molecule has 1 aromatic rings. The molecule has 0 atom stereocenters. The van der Waals surface area contributed by atoms with Crippen LogP contribution in [0.5, 0.6) is 0 Å². The van der Waals surface area contributed by atoms with Gasteiger partial charge in [0.05, 0.1) is 0 Å². The lowest BCUT2D eigenvalue weighted by atomic mass is 9.96. The molecule has 0 spiro atoms. The summed E-state index contributed by atoms with van der Waals surface area (Å²) in [5.74, 6) is 0.226. The zero-order valence-corrected chi connectivity index (χ0v) is 18.4. The Kier molecular flexibility index (Phi) is 19.0. The number of carbonyl (C=O) groups is 1. The van der Waals surface area contributed by atoms with E-state index in [-0.39, 0.29) is 5.78 Å². The molecule has 0 amide bonds. The van der Waals surface area contributed by atoms with Crippen molar-refractivity contribution in [2.45, 2.75) is 87.0 Å². The molecule has 0 aliphatic heterocycles. The maximum atomic E-state index is 10.9. The van der Waals surface area contributed by atoms with Crippen molar-refractivity contribution in [2.24, 2.45) is 0 Å². The van der Waals surface area contributed by atoms with Crippen LogP contribution in [0.4, 0.5) is 0 Å². The average Bonchev–Trinajstić information content (AvgIpc) is 2.62. The van der Waals surface area contributed by atoms with Crippen molar-refractivity contribution in [1.82, 2.24) is 0 Å². The van der Waals surface area contributed by atoms with Crippen LogP contribution >= 0.6 is 0 Å². The summed E-state index contributed by atoms with van der Waals surface area (Å²) in [6, 6.07) is 6.42. The van der Waals surface area contributed by atoms with Gasteiger partial charge in [-0.25, -0.2) is 0 Å². The number of benzene rings is 1. The number of allylic oxidation sites excluding steroid dienone is 1. The first-order chi connectivity index (χ1) is 12.4. The van der Waals surface area contributed by atoms with Gasteiger partial charge in [0.15, 0.2) is 0 Å². The second kappa shape index (κ2) is 18.4. The molecule has 0 saturated heterocycles. The lowest BCUT2D eigenvalue weighted by molar-refractivity contribution is -0.116. The van der Waals surface area contributed by atoms with Crippen molar-refractivity contribution >= 4 is 11.4 Å². The number of hydrogen-bond donors (Lipinski definition) is 0. The maximum Gasteiger partial charge on any atom is 0.130 e. The molecule has 0 aliphatic carbocycles. The fourth-order valence-electron chi connectivity index (χ4n) is 2.13. The van der Waals surface area contributed by atoms with E-state index in [1.807, 2.05) is 0 Å². The summed E-state index contributed by atoms with van der Waals surface area (Å²) in [5.41, 5.74) is 4.92. The zero-order chi connectivity index (χ0) is 20.4. The highest BCUT2D eigenvalue weighted by Gasteiger charge is 2.03. The van der Waals surface area contributed by atoms with E-state index in [1.165, 1.54) is 23.1 Å². The van der Waals surface area contributed by atoms with Gasteiger partial charge in [0.25, 0.3) is 0 Å². The van der Waals surface area contributed by atoms with Gasteiger partial charge in [-0.1, -0.05) is 65.8 Å². The van der Waals surface area contributed by atoms with Crippen LogP contribution in [0.15, 0.2) is 24.8 Å². The van der Waals surface area contributed by atoms with Crippen LogP contribution in [-0.4, -0.2) is 19.0 Å². The summed E-state index contributed by atoms with van der Waals surface area (Å²) in [6.45, 7) is 20.3. The Bertz CT molecular complexity index is 485. The molecule has 2 nitrogen and oxygen atoms in total. The second-order valence-corrected chi connectivity index (χ2v) is 6.62. The number of aryl methyl sites for hydroxylation is 2. The van der Waals surface area contributed by atoms with Crippen molar-refractivity contribution < 1.29 is 9.53 Å². The van der Waals surface area contributed by atoms with Crippen LogP contribution in [0.2, 0.25) is 0 Å². The van der Waals surface area contributed by atoms with Crippen LogP contribution in [0.3, 0.4) is 0 Å². The molecule has 1 rings (SSSR count). The Morgan fingerprint density at radius 1 is 1.00 bits per heavy atom. The van der Waals surface area contributed by atoms with Crippen LogP contribution in [0.1, 0.15) is 90.3 Å². The molecule has 2 heteroatoms. The van der Waals surface area contributed by atoms with E-state index in [4.69, 9.17) is 4.74 Å². The molecule has 0 radical (unpaired) electrons. The lowest BCUT2D eigenvalue weighted by Crippen LogP contribution is -1.93. The fourth-order valence-corrected chi connectivity index (χ4v) is 2.13. The smallest absolute Gasteiger partial charge is 0.130 e. The van der Waals surface area contributed by atoms with E-state index in [2.05, 4.69) is 66.3 Å². The zero-order valence-electron chi connectivity index (χ0n) is 18.4. The molecule has 1 aromatic carbocycles. The molecule has 0 aromatic heterocycles. The molecule has 0 fully saturated rings. The predicted molar refractivity (Wildman–Crippen MR) is 117 cm³/mol. The summed E-state index contributed by atoms with van der Waals surface area (Å²) in [4.78, 5) is 10.9. The van der Waals surface area contributed by atoms with Crippen LogP contribution in [0.25, 0.3) is 5.57 Å². The maximum absolute atomic E-state index is 10.9. The van der Waals surface area contributed by atoms with Gasteiger partial charge in [0, 0.05) is 19.6 Å². The van der Waals surface area contributed by atoms with Crippen LogP contribution in [0, 0.1) is 6.92 Å². The second-order valence-electron chi connectivity index (χ2n) is 6.62. The minimum absolute atomic E-state index is 0.226. The van der Waals surface area contributed by atoms with Gasteiger partial charge in [-0.15, -0.1) is 0 Å². The highest BCUT2D eigenvalue weighted by atomic mass is 16.5. The molecule has 0 aliphatic rings. The van der Waals surface area contributed by atoms with Gasteiger partial charge < -0.3 is 9.53 Å². The minimum Gasteiger partial charge on any atom is -0.381 e. The Balaban J connectivity index is 0. The first kappa shape index (κ1) is 26.8. The van der Waals surface area contributed by atoms with Crippen molar-refractivity contribution in [3.05, 3.63) is 41.5 Å². The first-order valence-corrected chi connectivity index (χ1v) is 10.2. The van der Waals surface area contributed by atoms with E-state index >= 15 is 0 Å². The molecule has 0 heterocycles. The highest BCUT2D eigenvalue weighted by Crippen LogP contribution is 2.21. The third kappa shape index (κ3) is 14.9. The van der Waals surface area contributed by atoms with Crippen molar-refractivity contribution in [1.29, 1.82) is 0 Å². The summed E-state index contributed by atoms with van der Waals surface area (Å²) < 4.78 is 5.13. The van der Waals surface area contributed by atoms with Crippen LogP contribution < -0.4 is 0 Å². The molecule has 26 heavy (non-hydrogen) atoms.